The molecule has 0 bridgehead atoms. The second kappa shape index (κ2) is 6.54. The predicted molar refractivity (Wildman–Crippen MR) is 90.7 cm³/mol. The molecule has 0 spiro atoms. The smallest absolute Gasteiger partial charge is 0.262 e. The van der Waals surface area contributed by atoms with Gasteiger partial charge in [0.2, 0.25) is 10.0 Å². The monoisotopic (exact) mass is 384 g/mol. The number of benzene rings is 2. The van der Waals surface area contributed by atoms with E-state index in [4.69, 9.17) is 14.6 Å². The Morgan fingerprint density at radius 1 is 0.840 bits per heavy atom. The zero-order valence-corrected chi connectivity index (χ0v) is 14.6. The van der Waals surface area contributed by atoms with Crippen molar-refractivity contribution < 1.29 is 26.3 Å². The van der Waals surface area contributed by atoms with Crippen LogP contribution in [-0.4, -0.2) is 30.0 Å². The van der Waals surface area contributed by atoms with Crippen molar-refractivity contribution in [3.8, 4) is 11.5 Å². The average molecular weight is 384 g/mol. The summed E-state index contributed by atoms with van der Waals surface area (Å²) in [6, 6.07) is 9.43. The number of anilines is 1. The second-order valence-electron chi connectivity index (χ2n) is 5.33. The van der Waals surface area contributed by atoms with E-state index in [1.54, 1.807) is 6.07 Å². The van der Waals surface area contributed by atoms with E-state index in [0.717, 1.165) is 0 Å². The maximum absolute atomic E-state index is 12.5. The van der Waals surface area contributed by atoms with E-state index >= 15 is 0 Å². The van der Waals surface area contributed by atoms with Crippen molar-refractivity contribution in [3.05, 3.63) is 42.5 Å². The van der Waals surface area contributed by atoms with Gasteiger partial charge in [0.25, 0.3) is 10.0 Å². The minimum atomic E-state index is -3.87. The zero-order valence-electron chi connectivity index (χ0n) is 13.0. The summed E-state index contributed by atoms with van der Waals surface area (Å²) in [5, 5.41) is 5.01. The predicted octanol–water partition coefficient (Wildman–Crippen LogP) is 1.30. The highest BCUT2D eigenvalue weighted by molar-refractivity contribution is 7.92. The number of fused-ring (bicyclic) bond motifs is 1. The summed E-state index contributed by atoms with van der Waals surface area (Å²) in [6.45, 7) is 0.951. The van der Waals surface area contributed by atoms with Crippen molar-refractivity contribution in [3.63, 3.8) is 0 Å². The summed E-state index contributed by atoms with van der Waals surface area (Å²) >= 11 is 0. The van der Waals surface area contributed by atoms with Gasteiger partial charge >= 0.3 is 0 Å². The molecule has 2 aromatic carbocycles. The number of hydrogen-bond acceptors (Lipinski definition) is 6. The lowest BCUT2D eigenvalue weighted by molar-refractivity contribution is 0.297. The van der Waals surface area contributed by atoms with Gasteiger partial charge in [-0.05, 0) is 36.4 Å². The fourth-order valence-electron chi connectivity index (χ4n) is 2.24. The van der Waals surface area contributed by atoms with Crippen molar-refractivity contribution in [2.45, 2.75) is 16.2 Å². The molecule has 2 aromatic rings. The Bertz CT molecular complexity index is 985. The highest BCUT2D eigenvalue weighted by Gasteiger charge is 2.19. The van der Waals surface area contributed by atoms with E-state index in [-0.39, 0.29) is 15.5 Å². The minimum Gasteiger partial charge on any atom is -0.490 e. The number of hydrogen-bond donors (Lipinski definition) is 2. The molecule has 8 nitrogen and oxygen atoms in total. The lowest BCUT2D eigenvalue weighted by atomic mass is 10.3. The van der Waals surface area contributed by atoms with Gasteiger partial charge in [0.1, 0.15) is 0 Å². The molecule has 0 radical (unpaired) electrons. The molecule has 1 aliphatic heterocycles. The summed E-state index contributed by atoms with van der Waals surface area (Å²) in [5.74, 6) is 0.860. The van der Waals surface area contributed by atoms with Crippen LogP contribution >= 0.6 is 0 Å². The third-order valence-corrected chi connectivity index (χ3v) is 5.77. The molecule has 3 N–H and O–H groups in total. The van der Waals surface area contributed by atoms with E-state index in [2.05, 4.69) is 4.72 Å². The van der Waals surface area contributed by atoms with E-state index in [1.165, 1.54) is 36.4 Å². The minimum absolute atomic E-state index is 0.00673. The van der Waals surface area contributed by atoms with E-state index < -0.39 is 20.0 Å². The maximum Gasteiger partial charge on any atom is 0.262 e. The molecule has 25 heavy (non-hydrogen) atoms. The number of primary sulfonamides is 1. The van der Waals surface area contributed by atoms with Crippen LogP contribution in [0.1, 0.15) is 6.42 Å². The van der Waals surface area contributed by atoms with Crippen LogP contribution in [0.4, 0.5) is 5.69 Å². The molecular formula is C15H16N2O6S2. The Hall–Kier alpha value is -2.30. The quantitative estimate of drug-likeness (QED) is 0.818. The van der Waals surface area contributed by atoms with Gasteiger partial charge in [-0.25, -0.2) is 22.0 Å². The third-order valence-electron chi connectivity index (χ3n) is 3.46. The van der Waals surface area contributed by atoms with Crippen LogP contribution in [0.15, 0.2) is 52.3 Å². The van der Waals surface area contributed by atoms with Crippen LogP contribution in [0, 0.1) is 0 Å². The molecule has 0 saturated carbocycles. The summed E-state index contributed by atoms with van der Waals surface area (Å²) in [4.78, 5) is -0.0988. The molecule has 10 heteroatoms. The van der Waals surface area contributed by atoms with Crippen LogP contribution in [0.3, 0.4) is 0 Å². The van der Waals surface area contributed by atoms with Crippen LogP contribution in [0.2, 0.25) is 0 Å². The molecule has 3 rings (SSSR count). The lowest BCUT2D eigenvalue weighted by Crippen LogP contribution is -2.14. The van der Waals surface area contributed by atoms with Crippen LogP contribution in [0.25, 0.3) is 0 Å². The maximum atomic E-state index is 12.5. The Labute approximate surface area is 145 Å². The number of ether oxygens (including phenoxy) is 2. The van der Waals surface area contributed by atoms with Crippen LogP contribution < -0.4 is 19.3 Å². The molecule has 0 atom stereocenters. The van der Waals surface area contributed by atoms with E-state index in [1.807, 2.05) is 0 Å². The van der Waals surface area contributed by atoms with Gasteiger partial charge in [-0.1, -0.05) is 0 Å². The van der Waals surface area contributed by atoms with Crippen LogP contribution in [-0.2, 0) is 20.0 Å². The molecule has 134 valence electrons. The first-order valence-corrected chi connectivity index (χ1v) is 10.3. The number of rotatable bonds is 4. The fraction of sp³-hybridized carbons (Fsp3) is 0.200. The molecule has 1 heterocycles. The van der Waals surface area contributed by atoms with E-state index in [0.29, 0.717) is 31.1 Å². The Morgan fingerprint density at radius 3 is 2.08 bits per heavy atom. The summed E-state index contributed by atoms with van der Waals surface area (Å²) in [7, 11) is -7.71. The Balaban J connectivity index is 1.86. The van der Waals surface area contributed by atoms with Crippen molar-refractivity contribution in [2.24, 2.45) is 5.14 Å². The topological polar surface area (TPSA) is 125 Å². The molecule has 0 unspecified atom stereocenters. The van der Waals surface area contributed by atoms with Gasteiger partial charge in [0.15, 0.2) is 11.5 Å². The van der Waals surface area contributed by atoms with Gasteiger partial charge in [-0.2, -0.15) is 0 Å². The largest absolute Gasteiger partial charge is 0.490 e. The van der Waals surface area contributed by atoms with Crippen molar-refractivity contribution >= 4 is 25.7 Å². The van der Waals surface area contributed by atoms with Crippen molar-refractivity contribution in [2.75, 3.05) is 17.9 Å². The van der Waals surface area contributed by atoms with Crippen LogP contribution in [0.5, 0.6) is 11.5 Å². The highest BCUT2D eigenvalue weighted by Crippen LogP contribution is 2.32. The number of nitrogens with one attached hydrogen (secondary N) is 1. The zero-order chi connectivity index (χ0) is 18.1. The van der Waals surface area contributed by atoms with Crippen molar-refractivity contribution in [1.82, 2.24) is 0 Å². The first-order valence-electron chi connectivity index (χ1n) is 7.31. The lowest BCUT2D eigenvalue weighted by Gasteiger charge is -2.11. The standard InChI is InChI=1S/C15H16N2O6S2/c16-24(18,19)12-4-2-11(3-5-12)17-25(20,21)13-6-7-14-15(10-13)23-9-1-8-22-14/h2-7,10,17H,1,8-9H2,(H2,16,18,19). The van der Waals surface area contributed by atoms with Gasteiger partial charge in [0.05, 0.1) is 23.0 Å². The Morgan fingerprint density at radius 2 is 1.44 bits per heavy atom. The molecule has 0 aromatic heterocycles. The first kappa shape index (κ1) is 17.5. The third kappa shape index (κ3) is 4.03. The summed E-state index contributed by atoms with van der Waals surface area (Å²) in [6.07, 6.45) is 0.714. The van der Waals surface area contributed by atoms with Crippen molar-refractivity contribution in [1.29, 1.82) is 0 Å². The van der Waals surface area contributed by atoms with E-state index in [9.17, 15) is 16.8 Å². The average Bonchev–Trinajstić information content (AvgIpc) is 2.78. The fourth-order valence-corrected chi connectivity index (χ4v) is 3.83. The Kier molecular flexibility index (Phi) is 4.58. The second-order valence-corrected chi connectivity index (χ2v) is 8.58. The molecule has 0 saturated heterocycles. The van der Waals surface area contributed by atoms with Gasteiger partial charge in [-0.3, -0.25) is 4.72 Å². The normalized spacial score (nSPS) is 14.6. The SMILES string of the molecule is NS(=O)(=O)c1ccc(NS(=O)(=O)c2ccc3c(c2)OCCCO3)cc1. The summed E-state index contributed by atoms with van der Waals surface area (Å²) < 4.78 is 60.8. The van der Waals surface area contributed by atoms with Gasteiger partial charge in [-0.15, -0.1) is 0 Å². The molecule has 1 aliphatic rings. The number of sulfonamides is 2. The molecule has 0 amide bonds. The first-order chi connectivity index (χ1) is 11.8. The molecule has 0 fully saturated rings. The summed E-state index contributed by atoms with van der Waals surface area (Å²) in [5.41, 5.74) is 0.208. The highest BCUT2D eigenvalue weighted by atomic mass is 32.2. The van der Waals surface area contributed by atoms with Gasteiger partial charge < -0.3 is 9.47 Å². The molecular weight excluding hydrogens is 368 g/mol. The number of nitrogens with two attached hydrogens (primary N) is 1. The molecule has 0 aliphatic carbocycles. The van der Waals surface area contributed by atoms with Gasteiger partial charge in [0, 0.05) is 18.2 Å².